The molecule has 0 spiro atoms. The number of hydrogen-bond donors (Lipinski definition) is 1. The molecule has 1 amide bonds. The average molecular weight is 197 g/mol. The molecular formula is C10H19N3O. The van der Waals surface area contributed by atoms with E-state index >= 15 is 0 Å². The molecule has 4 heteroatoms. The molecule has 1 rings (SSSR count). The number of carbonyl (C=O) groups is 1. The molecule has 1 aliphatic heterocycles. The number of rotatable bonds is 4. The minimum absolute atomic E-state index is 0.364. The van der Waals surface area contributed by atoms with Crippen LogP contribution in [0, 0.1) is 0 Å². The highest BCUT2D eigenvalue weighted by molar-refractivity contribution is 5.85. The largest absolute Gasteiger partial charge is 0.366 e. The highest BCUT2D eigenvalue weighted by atomic mass is 16.1. The molecule has 14 heavy (non-hydrogen) atoms. The molecule has 0 saturated carbocycles. The molecule has 2 N–H and O–H groups in total. The predicted molar refractivity (Wildman–Crippen MR) is 56.9 cm³/mol. The molecule has 0 bridgehead atoms. The summed E-state index contributed by atoms with van der Waals surface area (Å²) in [5, 5.41) is 0. The van der Waals surface area contributed by atoms with Crippen molar-refractivity contribution in [1.29, 1.82) is 0 Å². The van der Waals surface area contributed by atoms with Crippen LogP contribution in [0.2, 0.25) is 0 Å². The molecule has 0 aromatic carbocycles. The first-order valence-corrected chi connectivity index (χ1v) is 5.13. The topological polar surface area (TPSA) is 49.6 Å². The Bertz CT molecular complexity index is 207. The van der Waals surface area contributed by atoms with Gasteiger partial charge in [-0.1, -0.05) is 13.0 Å². The molecule has 4 nitrogen and oxygen atoms in total. The van der Waals surface area contributed by atoms with Gasteiger partial charge < -0.3 is 10.6 Å². The van der Waals surface area contributed by atoms with Crippen LogP contribution in [0.5, 0.6) is 0 Å². The number of hydrogen-bond acceptors (Lipinski definition) is 3. The maximum absolute atomic E-state index is 10.4. The normalized spacial score (nSPS) is 20.4. The minimum atomic E-state index is -0.364. The molecular weight excluding hydrogens is 178 g/mol. The van der Waals surface area contributed by atoms with E-state index in [-0.39, 0.29) is 5.91 Å². The van der Waals surface area contributed by atoms with Gasteiger partial charge in [-0.2, -0.15) is 0 Å². The van der Waals surface area contributed by atoms with Gasteiger partial charge in [-0.15, -0.1) is 0 Å². The van der Waals surface area contributed by atoms with Crippen molar-refractivity contribution in [3.63, 3.8) is 0 Å². The molecule has 80 valence electrons. The maximum Gasteiger partial charge on any atom is 0.241 e. The summed E-state index contributed by atoms with van der Waals surface area (Å²) in [5.74, 6) is -0.364. The summed E-state index contributed by atoms with van der Waals surface area (Å²) in [6, 6.07) is 0. The molecule has 0 aliphatic carbocycles. The van der Waals surface area contributed by atoms with E-state index in [1.54, 1.807) is 0 Å². The van der Waals surface area contributed by atoms with E-state index in [1.807, 2.05) is 6.08 Å². The standard InChI is InChI=1S/C10H19N3O/c1-2-12-6-8-13(9-7-12)5-3-4-10(11)14/h3-4H,2,5-9H2,1H3,(H2,11,14). The summed E-state index contributed by atoms with van der Waals surface area (Å²) in [4.78, 5) is 15.2. The van der Waals surface area contributed by atoms with Gasteiger partial charge >= 0.3 is 0 Å². The summed E-state index contributed by atoms with van der Waals surface area (Å²) in [6.07, 6.45) is 3.27. The minimum Gasteiger partial charge on any atom is -0.366 e. The number of piperazine rings is 1. The highest BCUT2D eigenvalue weighted by Gasteiger charge is 2.13. The Balaban J connectivity index is 2.19. The third kappa shape index (κ3) is 3.89. The number of nitrogens with two attached hydrogens (primary N) is 1. The molecule has 0 unspecified atom stereocenters. The lowest BCUT2D eigenvalue weighted by atomic mass is 10.3. The smallest absolute Gasteiger partial charge is 0.241 e. The van der Waals surface area contributed by atoms with E-state index in [2.05, 4.69) is 16.7 Å². The van der Waals surface area contributed by atoms with Crippen LogP contribution < -0.4 is 5.73 Å². The maximum atomic E-state index is 10.4. The van der Waals surface area contributed by atoms with Gasteiger partial charge in [-0.3, -0.25) is 9.69 Å². The molecule has 1 heterocycles. The predicted octanol–water partition coefficient (Wildman–Crippen LogP) is -0.335. The molecule has 0 atom stereocenters. The van der Waals surface area contributed by atoms with E-state index in [9.17, 15) is 4.79 Å². The second-order valence-electron chi connectivity index (χ2n) is 3.54. The van der Waals surface area contributed by atoms with E-state index in [1.165, 1.54) is 6.08 Å². The quantitative estimate of drug-likeness (QED) is 0.628. The number of likely N-dealkylation sites (N-methyl/N-ethyl adjacent to an activating group) is 1. The van der Waals surface area contributed by atoms with Crippen LogP contribution in [0.1, 0.15) is 6.92 Å². The monoisotopic (exact) mass is 197 g/mol. The Labute approximate surface area is 85.3 Å². The van der Waals surface area contributed by atoms with Crippen molar-refractivity contribution in [3.8, 4) is 0 Å². The van der Waals surface area contributed by atoms with E-state index in [0.29, 0.717) is 0 Å². The van der Waals surface area contributed by atoms with Crippen LogP contribution in [-0.4, -0.2) is 55.0 Å². The Morgan fingerprint density at radius 1 is 1.29 bits per heavy atom. The van der Waals surface area contributed by atoms with E-state index < -0.39 is 0 Å². The summed E-state index contributed by atoms with van der Waals surface area (Å²) in [7, 11) is 0. The SMILES string of the molecule is CCN1CCN(CC=CC(N)=O)CC1. The van der Waals surface area contributed by atoms with Crippen molar-refractivity contribution in [2.45, 2.75) is 6.92 Å². The summed E-state index contributed by atoms with van der Waals surface area (Å²) in [5.41, 5.74) is 5.00. The fraction of sp³-hybridized carbons (Fsp3) is 0.700. The first-order valence-electron chi connectivity index (χ1n) is 5.13. The molecule has 1 fully saturated rings. The average Bonchev–Trinajstić information content (AvgIpc) is 2.18. The van der Waals surface area contributed by atoms with Crippen LogP contribution in [0.15, 0.2) is 12.2 Å². The van der Waals surface area contributed by atoms with Gasteiger partial charge in [-0.05, 0) is 12.6 Å². The Kier molecular flexibility index (Phi) is 4.62. The first-order chi connectivity index (χ1) is 6.72. The van der Waals surface area contributed by atoms with Gasteiger partial charge in [0.25, 0.3) is 0 Å². The Morgan fingerprint density at radius 2 is 1.86 bits per heavy atom. The van der Waals surface area contributed by atoms with Crippen LogP contribution >= 0.6 is 0 Å². The molecule has 0 radical (unpaired) electrons. The number of carbonyl (C=O) groups excluding carboxylic acids is 1. The lowest BCUT2D eigenvalue weighted by molar-refractivity contribution is -0.113. The van der Waals surface area contributed by atoms with Crippen LogP contribution in [-0.2, 0) is 4.79 Å². The summed E-state index contributed by atoms with van der Waals surface area (Å²) in [6.45, 7) is 8.56. The fourth-order valence-corrected chi connectivity index (χ4v) is 1.61. The van der Waals surface area contributed by atoms with Crippen molar-refractivity contribution in [2.75, 3.05) is 39.3 Å². The Hall–Kier alpha value is -0.870. The zero-order valence-electron chi connectivity index (χ0n) is 8.78. The van der Waals surface area contributed by atoms with Crippen molar-refractivity contribution in [2.24, 2.45) is 5.73 Å². The van der Waals surface area contributed by atoms with Gasteiger partial charge in [0, 0.05) is 32.7 Å². The van der Waals surface area contributed by atoms with Crippen LogP contribution in [0.3, 0.4) is 0 Å². The fourth-order valence-electron chi connectivity index (χ4n) is 1.61. The van der Waals surface area contributed by atoms with E-state index in [4.69, 9.17) is 5.73 Å². The number of nitrogens with zero attached hydrogens (tertiary/aromatic N) is 2. The molecule has 0 aromatic rings. The summed E-state index contributed by atoms with van der Waals surface area (Å²) >= 11 is 0. The van der Waals surface area contributed by atoms with Crippen LogP contribution in [0.25, 0.3) is 0 Å². The number of amides is 1. The van der Waals surface area contributed by atoms with Crippen LogP contribution in [0.4, 0.5) is 0 Å². The Morgan fingerprint density at radius 3 is 2.36 bits per heavy atom. The second kappa shape index (κ2) is 5.78. The zero-order chi connectivity index (χ0) is 10.4. The van der Waals surface area contributed by atoms with Crippen molar-refractivity contribution < 1.29 is 4.79 Å². The van der Waals surface area contributed by atoms with Crippen molar-refractivity contribution >= 4 is 5.91 Å². The lowest BCUT2D eigenvalue weighted by Gasteiger charge is -2.33. The summed E-state index contributed by atoms with van der Waals surface area (Å²) < 4.78 is 0. The third-order valence-electron chi connectivity index (χ3n) is 2.56. The zero-order valence-corrected chi connectivity index (χ0v) is 8.78. The number of primary amides is 1. The van der Waals surface area contributed by atoms with Gasteiger partial charge in [0.05, 0.1) is 0 Å². The van der Waals surface area contributed by atoms with Crippen molar-refractivity contribution in [1.82, 2.24) is 9.80 Å². The molecule has 1 aliphatic rings. The van der Waals surface area contributed by atoms with Gasteiger partial charge in [0.1, 0.15) is 0 Å². The lowest BCUT2D eigenvalue weighted by Crippen LogP contribution is -2.46. The van der Waals surface area contributed by atoms with Gasteiger partial charge in [0.15, 0.2) is 0 Å². The molecule has 0 aromatic heterocycles. The van der Waals surface area contributed by atoms with Crippen molar-refractivity contribution in [3.05, 3.63) is 12.2 Å². The third-order valence-corrected chi connectivity index (χ3v) is 2.56. The van der Waals surface area contributed by atoms with E-state index in [0.717, 1.165) is 39.3 Å². The second-order valence-corrected chi connectivity index (χ2v) is 3.54. The highest BCUT2D eigenvalue weighted by Crippen LogP contribution is 2.00. The first kappa shape index (κ1) is 11.2. The van der Waals surface area contributed by atoms with Gasteiger partial charge in [-0.25, -0.2) is 0 Å². The van der Waals surface area contributed by atoms with Gasteiger partial charge in [0.2, 0.25) is 5.91 Å². The molecule has 1 saturated heterocycles.